The predicted molar refractivity (Wildman–Crippen MR) is 178 cm³/mol. The minimum atomic E-state index is -0.845. The molecule has 11 unspecified atom stereocenters. The van der Waals surface area contributed by atoms with Crippen LogP contribution >= 0.6 is 0 Å². The molecule has 0 radical (unpaired) electrons. The van der Waals surface area contributed by atoms with Gasteiger partial charge < -0.3 is 0 Å². The van der Waals surface area contributed by atoms with Crippen LogP contribution < -0.4 is 0 Å². The molecule has 5 fully saturated rings. The van der Waals surface area contributed by atoms with E-state index >= 15 is 4.39 Å². The van der Waals surface area contributed by atoms with E-state index in [9.17, 15) is 0 Å². The van der Waals surface area contributed by atoms with E-state index < -0.39 is 5.67 Å². The van der Waals surface area contributed by atoms with E-state index in [1.54, 1.807) is 0 Å². The van der Waals surface area contributed by atoms with Crippen molar-refractivity contribution >= 4 is 0 Å². The minimum absolute atomic E-state index is 0.257. The van der Waals surface area contributed by atoms with E-state index in [0.717, 1.165) is 60.2 Å². The van der Waals surface area contributed by atoms with Crippen molar-refractivity contribution in [2.24, 2.45) is 70.5 Å². The summed E-state index contributed by atoms with van der Waals surface area (Å²) in [6, 6.07) is 0. The normalized spacial score (nSPS) is 36.5. The molecular weight excluding hydrogens is 499 g/mol. The van der Waals surface area contributed by atoms with Crippen LogP contribution in [0.1, 0.15) is 177 Å². The monoisotopic (exact) mass is 573 g/mol. The van der Waals surface area contributed by atoms with Gasteiger partial charge in [0.05, 0.1) is 0 Å². The Balaban J connectivity index is 1.55. The highest BCUT2D eigenvalue weighted by molar-refractivity contribution is 5.11. The van der Waals surface area contributed by atoms with Gasteiger partial charge in [-0.3, -0.25) is 0 Å². The van der Waals surface area contributed by atoms with Gasteiger partial charge in [0.25, 0.3) is 0 Å². The standard InChI is InChI=1S/C40H73F/c1-9-18-34(10-2)39(8,30(6)37(33-21-16-13-17-22-33)26-32-19-14-12-15-20-32)35(11-3)24-23-28(4)36-25-29(5)40(41)27-38(36)31(40)7/h28-38H,9-27H2,1-8H3. The number of rotatable bonds is 15. The van der Waals surface area contributed by atoms with Crippen LogP contribution in [-0.4, -0.2) is 5.67 Å². The Labute approximate surface area is 257 Å². The average molecular weight is 573 g/mol. The van der Waals surface area contributed by atoms with Gasteiger partial charge in [-0.25, -0.2) is 4.39 Å². The summed E-state index contributed by atoms with van der Waals surface area (Å²) in [5.41, 5.74) is -0.421. The highest BCUT2D eigenvalue weighted by atomic mass is 19.1. The summed E-state index contributed by atoms with van der Waals surface area (Å²) in [6.45, 7) is 20.1. The number of fused-ring (bicyclic) bond motifs is 2. The van der Waals surface area contributed by atoms with Gasteiger partial charge in [-0.05, 0) is 96.2 Å². The van der Waals surface area contributed by atoms with Crippen molar-refractivity contribution in [3.63, 3.8) is 0 Å². The molecule has 11 atom stereocenters. The van der Waals surface area contributed by atoms with Crippen LogP contribution in [0, 0.1) is 70.5 Å². The van der Waals surface area contributed by atoms with Crippen LogP contribution in [0.15, 0.2) is 0 Å². The largest absolute Gasteiger partial charge is 0.243 e. The predicted octanol–water partition coefficient (Wildman–Crippen LogP) is 13.1. The van der Waals surface area contributed by atoms with Crippen molar-refractivity contribution in [2.75, 3.05) is 0 Å². The van der Waals surface area contributed by atoms with Crippen LogP contribution in [0.3, 0.4) is 0 Å². The van der Waals surface area contributed by atoms with E-state index in [2.05, 4.69) is 55.4 Å². The molecule has 5 rings (SSSR count). The Morgan fingerprint density at radius 1 is 0.805 bits per heavy atom. The van der Waals surface area contributed by atoms with Crippen molar-refractivity contribution in [3.05, 3.63) is 0 Å². The summed E-state index contributed by atoms with van der Waals surface area (Å²) < 4.78 is 15.4. The van der Waals surface area contributed by atoms with E-state index in [4.69, 9.17) is 0 Å². The second kappa shape index (κ2) is 14.8. The number of alkyl halides is 1. The van der Waals surface area contributed by atoms with Gasteiger partial charge in [-0.2, -0.15) is 0 Å². The molecule has 2 bridgehead atoms. The van der Waals surface area contributed by atoms with Crippen LogP contribution in [0.4, 0.5) is 4.39 Å². The van der Waals surface area contributed by atoms with Crippen molar-refractivity contribution < 1.29 is 4.39 Å². The van der Waals surface area contributed by atoms with Crippen molar-refractivity contribution in [2.45, 2.75) is 183 Å². The van der Waals surface area contributed by atoms with Gasteiger partial charge in [0.2, 0.25) is 0 Å². The molecule has 0 amide bonds. The van der Waals surface area contributed by atoms with Gasteiger partial charge in [0, 0.05) is 0 Å². The topological polar surface area (TPSA) is 0 Å². The Morgan fingerprint density at radius 2 is 1.39 bits per heavy atom. The maximum atomic E-state index is 15.4. The Morgan fingerprint density at radius 3 is 1.93 bits per heavy atom. The Hall–Kier alpha value is -0.0700. The third-order valence-corrected chi connectivity index (χ3v) is 15.2. The zero-order valence-electron chi connectivity index (χ0n) is 29.2. The number of hydrogen-bond donors (Lipinski definition) is 0. The molecule has 5 saturated carbocycles. The average Bonchev–Trinajstić information content (AvgIpc) is 2.99. The molecule has 0 aromatic rings. The fraction of sp³-hybridized carbons (Fsp3) is 1.00. The zero-order chi connectivity index (χ0) is 29.8. The number of halogens is 1. The smallest absolute Gasteiger partial charge is 0.116 e. The first-order valence-electron chi connectivity index (χ1n) is 19.3. The van der Waals surface area contributed by atoms with Gasteiger partial charge in [0.1, 0.15) is 5.67 Å². The minimum Gasteiger partial charge on any atom is -0.243 e. The molecule has 0 nitrogen and oxygen atoms in total. The lowest BCUT2D eigenvalue weighted by atomic mass is 9.46. The SMILES string of the molecule is CCCC(CC)C(C)(C(CC)CCC(C)C1CC(C)C2(F)CC1C2C)C(C)C(CC1CCCCC1)C1CCCCC1. The van der Waals surface area contributed by atoms with Crippen molar-refractivity contribution in [3.8, 4) is 0 Å². The summed E-state index contributed by atoms with van der Waals surface area (Å²) in [7, 11) is 0. The maximum Gasteiger partial charge on any atom is 0.116 e. The Kier molecular flexibility index (Phi) is 12.2. The van der Waals surface area contributed by atoms with Gasteiger partial charge >= 0.3 is 0 Å². The molecule has 0 aromatic carbocycles. The van der Waals surface area contributed by atoms with E-state index in [-0.39, 0.29) is 11.8 Å². The summed E-state index contributed by atoms with van der Waals surface area (Å²) in [4.78, 5) is 0. The molecule has 5 aliphatic carbocycles. The summed E-state index contributed by atoms with van der Waals surface area (Å²) in [5.74, 6) is 8.04. The molecule has 1 heteroatoms. The van der Waals surface area contributed by atoms with Crippen molar-refractivity contribution in [1.82, 2.24) is 0 Å². The highest BCUT2D eigenvalue weighted by Crippen LogP contribution is 2.63. The van der Waals surface area contributed by atoms with Gasteiger partial charge in [-0.1, -0.05) is 152 Å². The fourth-order valence-corrected chi connectivity index (χ4v) is 12.2. The van der Waals surface area contributed by atoms with Crippen LogP contribution in [0.2, 0.25) is 0 Å². The van der Waals surface area contributed by atoms with Crippen LogP contribution in [0.5, 0.6) is 0 Å². The molecule has 0 spiro atoms. The van der Waals surface area contributed by atoms with Gasteiger partial charge in [0.15, 0.2) is 0 Å². The number of hydrogen-bond acceptors (Lipinski definition) is 0. The maximum absolute atomic E-state index is 15.4. The third-order valence-electron chi connectivity index (χ3n) is 15.2. The molecule has 0 saturated heterocycles. The summed E-state index contributed by atoms with van der Waals surface area (Å²) >= 11 is 0. The Bertz CT molecular complexity index is 757. The van der Waals surface area contributed by atoms with E-state index in [1.165, 1.54) is 109 Å². The van der Waals surface area contributed by atoms with E-state index in [0.29, 0.717) is 11.3 Å². The van der Waals surface area contributed by atoms with Crippen molar-refractivity contribution in [1.29, 1.82) is 0 Å². The molecule has 0 aromatic heterocycles. The summed E-state index contributed by atoms with van der Waals surface area (Å²) in [6.07, 6.45) is 26.6. The first-order valence-corrected chi connectivity index (χ1v) is 19.3. The molecule has 0 aliphatic heterocycles. The second-order valence-electron chi connectivity index (χ2n) is 16.9. The second-order valence-corrected chi connectivity index (χ2v) is 16.9. The lowest BCUT2D eigenvalue weighted by molar-refractivity contribution is -0.180. The van der Waals surface area contributed by atoms with Crippen LogP contribution in [0.25, 0.3) is 0 Å². The quantitative estimate of drug-likeness (QED) is 0.183. The third kappa shape index (κ3) is 6.95. The molecule has 0 heterocycles. The summed E-state index contributed by atoms with van der Waals surface area (Å²) in [5, 5.41) is 0. The van der Waals surface area contributed by atoms with Gasteiger partial charge in [-0.15, -0.1) is 0 Å². The molecule has 41 heavy (non-hydrogen) atoms. The molecule has 5 aliphatic rings. The first-order chi connectivity index (χ1) is 19.6. The van der Waals surface area contributed by atoms with E-state index in [1.807, 2.05) is 0 Å². The highest BCUT2D eigenvalue weighted by Gasteiger charge is 2.62. The zero-order valence-corrected chi connectivity index (χ0v) is 29.2. The molecular formula is C40H73F. The lowest BCUT2D eigenvalue weighted by Gasteiger charge is -2.61. The molecule has 240 valence electrons. The fourth-order valence-electron chi connectivity index (χ4n) is 12.2. The first kappa shape index (κ1) is 33.8. The molecule has 0 N–H and O–H groups in total. The van der Waals surface area contributed by atoms with Crippen LogP contribution in [-0.2, 0) is 0 Å². The lowest BCUT2D eigenvalue weighted by Crippen LogP contribution is -2.61.